The van der Waals surface area contributed by atoms with Crippen LogP contribution in [0.5, 0.6) is 0 Å². The molecule has 6 nitrogen and oxygen atoms in total. The zero-order chi connectivity index (χ0) is 14.1. The van der Waals surface area contributed by atoms with E-state index in [-0.39, 0.29) is 24.0 Å². The maximum absolute atomic E-state index is 12.3. The Kier molecular flexibility index (Phi) is 2.98. The van der Waals surface area contributed by atoms with Gasteiger partial charge in [0.25, 0.3) is 5.91 Å². The van der Waals surface area contributed by atoms with Crippen LogP contribution < -0.4 is 4.90 Å². The Balaban J connectivity index is 1.94. The number of benzene rings is 1. The molecular formula is C14H12N2O4. The van der Waals surface area contributed by atoms with E-state index in [2.05, 4.69) is 5.16 Å². The third kappa shape index (κ3) is 2.05. The largest absolute Gasteiger partial charge is 0.481 e. The molecule has 20 heavy (non-hydrogen) atoms. The molecule has 0 aliphatic carbocycles. The molecule has 0 saturated carbocycles. The fraction of sp³-hybridized carbons (Fsp3) is 0.214. The number of hydrogen-bond donors (Lipinski definition) is 1. The summed E-state index contributed by atoms with van der Waals surface area (Å²) < 4.78 is 4.88. The summed E-state index contributed by atoms with van der Waals surface area (Å²) in [5, 5.41) is 12.5. The van der Waals surface area contributed by atoms with Crippen molar-refractivity contribution in [3.05, 3.63) is 47.9 Å². The van der Waals surface area contributed by atoms with Crippen LogP contribution in [-0.2, 0) is 4.79 Å². The summed E-state index contributed by atoms with van der Waals surface area (Å²) in [5.41, 5.74) is 1.61. The first kappa shape index (κ1) is 12.4. The number of fused-ring (bicyclic) bond motifs is 1. The lowest BCUT2D eigenvalue weighted by Crippen LogP contribution is -2.29. The van der Waals surface area contributed by atoms with Gasteiger partial charge in [-0.3, -0.25) is 9.59 Å². The van der Waals surface area contributed by atoms with Crippen molar-refractivity contribution in [1.82, 2.24) is 5.16 Å². The zero-order valence-corrected chi connectivity index (χ0v) is 10.5. The molecule has 1 aliphatic heterocycles. The highest BCUT2D eigenvalue weighted by Gasteiger charge is 2.34. The average molecular weight is 272 g/mol. The summed E-state index contributed by atoms with van der Waals surface area (Å²) >= 11 is 0. The normalized spacial score (nSPS) is 17.0. The minimum absolute atomic E-state index is 0.00278. The molecule has 1 unspecified atom stereocenters. The van der Waals surface area contributed by atoms with Crippen molar-refractivity contribution >= 4 is 17.6 Å². The molecular weight excluding hydrogens is 260 g/mol. The van der Waals surface area contributed by atoms with Crippen LogP contribution in [0.25, 0.3) is 0 Å². The van der Waals surface area contributed by atoms with E-state index in [4.69, 9.17) is 9.63 Å². The van der Waals surface area contributed by atoms with Gasteiger partial charge < -0.3 is 14.5 Å². The molecule has 1 aromatic heterocycles. The van der Waals surface area contributed by atoms with Crippen LogP contribution in [0.4, 0.5) is 5.69 Å². The maximum Gasteiger partial charge on any atom is 0.304 e. The monoisotopic (exact) mass is 272 g/mol. The third-order valence-electron chi connectivity index (χ3n) is 3.39. The van der Waals surface area contributed by atoms with Gasteiger partial charge in [0.2, 0.25) is 5.76 Å². The van der Waals surface area contributed by atoms with Crippen LogP contribution >= 0.6 is 0 Å². The second-order valence-corrected chi connectivity index (χ2v) is 4.65. The fourth-order valence-electron chi connectivity index (χ4n) is 2.53. The van der Waals surface area contributed by atoms with Gasteiger partial charge in [-0.1, -0.05) is 23.4 Å². The van der Waals surface area contributed by atoms with Crippen molar-refractivity contribution in [2.45, 2.75) is 12.3 Å². The SMILES string of the molecule is O=C(O)CC1CN(C(=O)c2ccno2)c2ccccc21. The van der Waals surface area contributed by atoms with Gasteiger partial charge >= 0.3 is 5.97 Å². The number of nitrogens with zero attached hydrogens (tertiary/aromatic N) is 2. The van der Waals surface area contributed by atoms with Crippen LogP contribution in [0.2, 0.25) is 0 Å². The number of carboxylic acid groups (broad SMARTS) is 1. The predicted molar refractivity (Wildman–Crippen MR) is 69.6 cm³/mol. The Bertz CT molecular complexity index is 651. The minimum Gasteiger partial charge on any atom is -0.481 e. The summed E-state index contributed by atoms with van der Waals surface area (Å²) in [6.07, 6.45) is 1.40. The van der Waals surface area contributed by atoms with Gasteiger partial charge in [0.05, 0.1) is 12.6 Å². The highest BCUT2D eigenvalue weighted by molar-refractivity contribution is 6.05. The zero-order valence-electron chi connectivity index (χ0n) is 10.5. The maximum atomic E-state index is 12.3. The lowest BCUT2D eigenvalue weighted by molar-refractivity contribution is -0.137. The Labute approximate surface area is 114 Å². The second-order valence-electron chi connectivity index (χ2n) is 4.65. The first-order valence-electron chi connectivity index (χ1n) is 6.20. The van der Waals surface area contributed by atoms with Gasteiger partial charge in [-0.05, 0) is 11.6 Å². The van der Waals surface area contributed by atoms with Gasteiger partial charge in [-0.15, -0.1) is 0 Å². The molecule has 102 valence electrons. The van der Waals surface area contributed by atoms with E-state index in [0.29, 0.717) is 6.54 Å². The van der Waals surface area contributed by atoms with Crippen LogP contribution in [-0.4, -0.2) is 28.7 Å². The molecule has 1 aliphatic rings. The molecule has 1 amide bonds. The van der Waals surface area contributed by atoms with Crippen molar-refractivity contribution in [3.8, 4) is 0 Å². The summed E-state index contributed by atoms with van der Waals surface area (Å²) in [7, 11) is 0. The molecule has 0 radical (unpaired) electrons. The van der Waals surface area contributed by atoms with Gasteiger partial charge in [0.1, 0.15) is 0 Å². The number of aromatic nitrogens is 1. The van der Waals surface area contributed by atoms with Crippen LogP contribution in [0.1, 0.15) is 28.5 Å². The van der Waals surface area contributed by atoms with Gasteiger partial charge in [-0.2, -0.15) is 0 Å². The number of para-hydroxylation sites is 1. The molecule has 2 aromatic rings. The molecule has 1 aromatic carbocycles. The quantitative estimate of drug-likeness (QED) is 0.922. The van der Waals surface area contributed by atoms with Crippen molar-refractivity contribution in [2.24, 2.45) is 0 Å². The summed E-state index contributed by atoms with van der Waals surface area (Å²) in [6.45, 7) is 0.338. The Morgan fingerprint density at radius 3 is 2.85 bits per heavy atom. The van der Waals surface area contributed by atoms with E-state index in [1.54, 1.807) is 4.90 Å². The molecule has 2 heterocycles. The third-order valence-corrected chi connectivity index (χ3v) is 3.39. The van der Waals surface area contributed by atoms with Crippen molar-refractivity contribution in [3.63, 3.8) is 0 Å². The van der Waals surface area contributed by atoms with Gasteiger partial charge in [0, 0.05) is 24.2 Å². The van der Waals surface area contributed by atoms with Crippen molar-refractivity contribution in [1.29, 1.82) is 0 Å². The van der Waals surface area contributed by atoms with E-state index in [9.17, 15) is 9.59 Å². The van der Waals surface area contributed by atoms with Crippen molar-refractivity contribution in [2.75, 3.05) is 11.4 Å². The van der Waals surface area contributed by atoms with E-state index in [0.717, 1.165) is 11.3 Å². The number of carboxylic acids is 1. The highest BCUT2D eigenvalue weighted by Crippen LogP contribution is 2.38. The van der Waals surface area contributed by atoms with Crippen molar-refractivity contribution < 1.29 is 19.2 Å². The second kappa shape index (κ2) is 4.80. The van der Waals surface area contributed by atoms with Crippen LogP contribution in [0.3, 0.4) is 0 Å². The van der Waals surface area contributed by atoms with E-state index >= 15 is 0 Å². The predicted octanol–water partition coefficient (Wildman–Crippen LogP) is 1.89. The molecule has 1 atom stereocenters. The molecule has 3 rings (SSSR count). The number of carbonyl (C=O) groups excluding carboxylic acids is 1. The first-order valence-corrected chi connectivity index (χ1v) is 6.20. The number of anilines is 1. The van der Waals surface area contributed by atoms with E-state index in [1.807, 2.05) is 24.3 Å². The molecule has 0 bridgehead atoms. The summed E-state index contributed by atoms with van der Waals surface area (Å²) in [5.74, 6) is -1.23. The first-order chi connectivity index (χ1) is 9.66. The topological polar surface area (TPSA) is 83.6 Å². The molecule has 1 N–H and O–H groups in total. The Hall–Kier alpha value is -2.63. The number of rotatable bonds is 3. The Morgan fingerprint density at radius 1 is 1.35 bits per heavy atom. The van der Waals surface area contributed by atoms with Crippen LogP contribution in [0, 0.1) is 0 Å². The molecule has 0 fully saturated rings. The minimum atomic E-state index is -0.876. The lowest BCUT2D eigenvalue weighted by atomic mass is 9.98. The number of carbonyl (C=O) groups is 2. The highest BCUT2D eigenvalue weighted by atomic mass is 16.5. The molecule has 6 heteroatoms. The van der Waals surface area contributed by atoms with E-state index < -0.39 is 5.97 Å². The molecule has 0 saturated heterocycles. The van der Waals surface area contributed by atoms with Gasteiger partial charge in [0.15, 0.2) is 0 Å². The summed E-state index contributed by atoms with van der Waals surface area (Å²) in [6, 6.07) is 8.83. The number of amides is 1. The standard InChI is InChI=1S/C14H12N2O4/c17-13(18)7-9-8-16(11-4-2-1-3-10(9)11)14(19)12-5-6-15-20-12/h1-6,9H,7-8H2,(H,17,18). The number of hydrogen-bond acceptors (Lipinski definition) is 4. The van der Waals surface area contributed by atoms with Crippen LogP contribution in [0.15, 0.2) is 41.1 Å². The van der Waals surface area contributed by atoms with Gasteiger partial charge in [-0.25, -0.2) is 0 Å². The fourth-order valence-corrected chi connectivity index (χ4v) is 2.53. The van der Waals surface area contributed by atoms with E-state index in [1.165, 1.54) is 12.3 Å². The molecule has 0 spiro atoms. The lowest BCUT2D eigenvalue weighted by Gasteiger charge is -2.15. The number of aliphatic carboxylic acids is 1. The average Bonchev–Trinajstić information content (AvgIpc) is 3.06. The smallest absolute Gasteiger partial charge is 0.304 e. The summed E-state index contributed by atoms with van der Waals surface area (Å²) in [4.78, 5) is 24.8. The Morgan fingerprint density at radius 2 is 2.15 bits per heavy atom.